The third-order valence-corrected chi connectivity index (χ3v) is 3.71. The molecule has 8 heteroatoms. The lowest BCUT2D eigenvalue weighted by Crippen LogP contribution is -2.17. The number of aryl methyl sites for hydroxylation is 1. The molecule has 1 heterocycles. The van der Waals surface area contributed by atoms with Crippen LogP contribution in [0.5, 0.6) is 11.5 Å². The Kier molecular flexibility index (Phi) is 6.29. The topological polar surface area (TPSA) is 64.1 Å². The van der Waals surface area contributed by atoms with Crippen LogP contribution in [0.25, 0.3) is 0 Å². The molecule has 0 spiro atoms. The van der Waals surface area contributed by atoms with Crippen LogP contribution >= 0.6 is 23.8 Å². The van der Waals surface area contributed by atoms with Gasteiger partial charge in [-0.3, -0.25) is 5.10 Å². The molecule has 0 saturated carbocycles. The molecule has 1 aromatic heterocycles. The Morgan fingerprint density at radius 1 is 1.26 bits per heavy atom. The van der Waals surface area contributed by atoms with Crippen molar-refractivity contribution in [3.63, 3.8) is 0 Å². The first-order valence-corrected chi connectivity index (χ1v) is 8.37. The summed E-state index contributed by atoms with van der Waals surface area (Å²) in [5.41, 5.74) is 4.21. The van der Waals surface area contributed by atoms with E-state index in [4.69, 9.17) is 33.3 Å². The standard InChI is InChI=1S/C15H21ClN4O2S/c1-4-13-18-19-15(23)20(13)17-9-10-7-11(16)14(22-6-3)12(8-10)21-5-2/h7-8,17H,4-6,9H2,1-3H3,(H,19,23). The van der Waals surface area contributed by atoms with Gasteiger partial charge in [0.1, 0.15) is 0 Å². The molecule has 126 valence electrons. The number of rotatable bonds is 8. The van der Waals surface area contributed by atoms with Gasteiger partial charge in [0, 0.05) is 6.42 Å². The number of hydrogen-bond acceptors (Lipinski definition) is 5. The lowest BCUT2D eigenvalue weighted by Gasteiger charge is -2.15. The first-order valence-electron chi connectivity index (χ1n) is 7.58. The molecule has 0 aliphatic carbocycles. The fourth-order valence-corrected chi connectivity index (χ4v) is 2.67. The largest absolute Gasteiger partial charge is 0.490 e. The number of ether oxygens (including phenoxy) is 2. The molecule has 0 fully saturated rings. The van der Waals surface area contributed by atoms with Crippen LogP contribution in [0.4, 0.5) is 0 Å². The van der Waals surface area contributed by atoms with Gasteiger partial charge in [-0.15, -0.1) is 0 Å². The molecule has 0 saturated heterocycles. The van der Waals surface area contributed by atoms with E-state index in [-0.39, 0.29) is 0 Å². The normalized spacial score (nSPS) is 10.6. The van der Waals surface area contributed by atoms with E-state index in [0.717, 1.165) is 17.8 Å². The maximum absolute atomic E-state index is 6.32. The monoisotopic (exact) mass is 356 g/mol. The van der Waals surface area contributed by atoms with Crippen LogP contribution in [0.1, 0.15) is 32.2 Å². The summed E-state index contributed by atoms with van der Waals surface area (Å²) in [7, 11) is 0. The number of nitrogens with one attached hydrogen (secondary N) is 2. The molecule has 2 aromatic rings. The summed E-state index contributed by atoms with van der Waals surface area (Å²) in [5.74, 6) is 2.07. The van der Waals surface area contributed by atoms with Crippen molar-refractivity contribution in [2.75, 3.05) is 18.6 Å². The number of halogens is 1. The van der Waals surface area contributed by atoms with Crippen LogP contribution in [0.3, 0.4) is 0 Å². The van der Waals surface area contributed by atoms with Crippen LogP contribution in [0.15, 0.2) is 12.1 Å². The number of aromatic nitrogens is 3. The van der Waals surface area contributed by atoms with Gasteiger partial charge in [0.25, 0.3) is 0 Å². The zero-order valence-electron chi connectivity index (χ0n) is 13.5. The third-order valence-electron chi connectivity index (χ3n) is 3.16. The molecule has 0 aliphatic heterocycles. The molecule has 0 amide bonds. The average Bonchev–Trinajstić information content (AvgIpc) is 2.89. The van der Waals surface area contributed by atoms with Crippen LogP contribution in [0, 0.1) is 4.77 Å². The summed E-state index contributed by atoms with van der Waals surface area (Å²) in [4.78, 5) is 0. The van der Waals surface area contributed by atoms with Gasteiger partial charge in [0.15, 0.2) is 17.3 Å². The Hall–Kier alpha value is -1.73. The minimum atomic E-state index is 0.529. The lowest BCUT2D eigenvalue weighted by atomic mass is 10.2. The Morgan fingerprint density at radius 2 is 2.00 bits per heavy atom. The van der Waals surface area contributed by atoms with Crippen molar-refractivity contribution in [1.82, 2.24) is 14.9 Å². The lowest BCUT2D eigenvalue weighted by molar-refractivity contribution is 0.287. The van der Waals surface area contributed by atoms with Gasteiger partial charge >= 0.3 is 0 Å². The summed E-state index contributed by atoms with van der Waals surface area (Å²) < 4.78 is 13.5. The molecular formula is C15H21ClN4O2S. The Labute approximate surface area is 145 Å². The number of nitrogens with zero attached hydrogens (tertiary/aromatic N) is 2. The molecule has 2 N–H and O–H groups in total. The van der Waals surface area contributed by atoms with Crippen LogP contribution in [-0.2, 0) is 13.0 Å². The maximum atomic E-state index is 6.32. The molecule has 2 rings (SSSR count). The van der Waals surface area contributed by atoms with E-state index in [9.17, 15) is 0 Å². The average molecular weight is 357 g/mol. The molecule has 0 unspecified atom stereocenters. The zero-order chi connectivity index (χ0) is 16.8. The minimum absolute atomic E-state index is 0.529. The first-order chi connectivity index (χ1) is 11.1. The Morgan fingerprint density at radius 3 is 2.65 bits per heavy atom. The third kappa shape index (κ3) is 4.17. The molecule has 6 nitrogen and oxygen atoms in total. The predicted octanol–water partition coefficient (Wildman–Crippen LogP) is 3.70. The molecule has 1 aromatic carbocycles. The fourth-order valence-electron chi connectivity index (χ4n) is 2.17. The highest BCUT2D eigenvalue weighted by Crippen LogP contribution is 2.36. The van der Waals surface area contributed by atoms with Gasteiger partial charge in [-0.25, -0.2) is 4.68 Å². The molecule has 0 atom stereocenters. The van der Waals surface area contributed by atoms with Gasteiger partial charge in [0.2, 0.25) is 4.77 Å². The molecule has 0 aliphatic rings. The molecule has 0 bridgehead atoms. The number of aromatic amines is 1. The van der Waals surface area contributed by atoms with Gasteiger partial charge < -0.3 is 14.9 Å². The van der Waals surface area contributed by atoms with E-state index < -0.39 is 0 Å². The zero-order valence-corrected chi connectivity index (χ0v) is 15.1. The van der Waals surface area contributed by atoms with Crippen molar-refractivity contribution in [2.45, 2.75) is 33.7 Å². The Balaban J connectivity index is 2.23. The van der Waals surface area contributed by atoms with Crippen molar-refractivity contribution >= 4 is 23.8 Å². The van der Waals surface area contributed by atoms with E-state index in [2.05, 4.69) is 15.6 Å². The van der Waals surface area contributed by atoms with Crippen LogP contribution in [-0.4, -0.2) is 28.1 Å². The summed E-state index contributed by atoms with van der Waals surface area (Å²) in [6.07, 6.45) is 0.772. The Bertz CT molecular complexity index is 714. The second-order valence-corrected chi connectivity index (χ2v) is 5.53. The van der Waals surface area contributed by atoms with Crippen molar-refractivity contribution in [3.8, 4) is 11.5 Å². The summed E-state index contributed by atoms with van der Waals surface area (Å²) in [6.45, 7) is 7.46. The van der Waals surface area contributed by atoms with Crippen LogP contribution in [0.2, 0.25) is 5.02 Å². The molecule has 0 radical (unpaired) electrons. The predicted molar refractivity (Wildman–Crippen MR) is 93.6 cm³/mol. The van der Waals surface area contributed by atoms with E-state index >= 15 is 0 Å². The van der Waals surface area contributed by atoms with Gasteiger partial charge in [0.05, 0.1) is 24.8 Å². The smallest absolute Gasteiger partial charge is 0.214 e. The van der Waals surface area contributed by atoms with Crippen molar-refractivity contribution in [2.24, 2.45) is 0 Å². The van der Waals surface area contributed by atoms with Crippen molar-refractivity contribution in [3.05, 3.63) is 33.3 Å². The van der Waals surface area contributed by atoms with E-state index in [1.165, 1.54) is 0 Å². The van der Waals surface area contributed by atoms with E-state index in [1.54, 1.807) is 4.68 Å². The second kappa shape index (κ2) is 8.21. The van der Waals surface area contributed by atoms with Crippen molar-refractivity contribution < 1.29 is 9.47 Å². The molecule has 23 heavy (non-hydrogen) atoms. The summed E-state index contributed by atoms with van der Waals surface area (Å²) in [5, 5.41) is 7.47. The highest BCUT2D eigenvalue weighted by Gasteiger charge is 2.12. The van der Waals surface area contributed by atoms with Gasteiger partial charge in [-0.1, -0.05) is 18.5 Å². The van der Waals surface area contributed by atoms with E-state index in [1.807, 2.05) is 32.9 Å². The number of H-pyrrole nitrogens is 1. The minimum Gasteiger partial charge on any atom is -0.490 e. The fraction of sp³-hybridized carbons (Fsp3) is 0.467. The van der Waals surface area contributed by atoms with Gasteiger partial charge in [-0.2, -0.15) is 5.10 Å². The summed E-state index contributed by atoms with van der Waals surface area (Å²) in [6, 6.07) is 3.78. The quantitative estimate of drug-likeness (QED) is 0.706. The van der Waals surface area contributed by atoms with Crippen molar-refractivity contribution in [1.29, 1.82) is 0 Å². The van der Waals surface area contributed by atoms with Gasteiger partial charge in [-0.05, 0) is 43.8 Å². The second-order valence-electron chi connectivity index (χ2n) is 4.74. The maximum Gasteiger partial charge on any atom is 0.214 e. The van der Waals surface area contributed by atoms with Crippen LogP contribution < -0.4 is 14.9 Å². The first kappa shape index (κ1) is 17.6. The highest BCUT2D eigenvalue weighted by molar-refractivity contribution is 7.71. The highest BCUT2D eigenvalue weighted by atomic mass is 35.5. The van der Waals surface area contributed by atoms with E-state index in [0.29, 0.717) is 41.1 Å². The summed E-state index contributed by atoms with van der Waals surface area (Å²) >= 11 is 11.5. The molecular weight excluding hydrogens is 336 g/mol. The SMILES string of the molecule is CCOc1cc(CNn2c(CC)n[nH]c2=S)cc(Cl)c1OCC. The number of hydrogen-bond donors (Lipinski definition) is 2. The number of benzene rings is 1.